The minimum Gasteiger partial charge on any atom is -0.465 e. The van der Waals surface area contributed by atoms with Crippen molar-refractivity contribution in [3.05, 3.63) is 11.9 Å². The Hall–Kier alpha value is -3.75. The van der Waals surface area contributed by atoms with Crippen LogP contribution in [0.3, 0.4) is 0 Å². The second kappa shape index (κ2) is 31.0. The molecule has 100 heavy (non-hydrogen) atoms. The van der Waals surface area contributed by atoms with Crippen LogP contribution in [-0.2, 0) is 19.1 Å². The number of hydrogen-bond donors (Lipinski definition) is 3. The highest BCUT2D eigenvalue weighted by atomic mass is 32.2. The fourth-order valence-electron chi connectivity index (χ4n) is 5.54. The maximum absolute atomic E-state index is 13.7. The fourth-order valence-corrected chi connectivity index (χ4v) is 11.7. The summed E-state index contributed by atoms with van der Waals surface area (Å²) in [6, 6.07) is 0. The molecule has 1 atom stereocenters. The summed E-state index contributed by atoms with van der Waals surface area (Å²) in [6.45, 7) is -4.80. The van der Waals surface area contributed by atoms with Gasteiger partial charge in [0, 0.05) is 11.5 Å². The minimum absolute atomic E-state index is 0.167. The number of hydrogen-bond acceptors (Lipinski definition) is 16. The van der Waals surface area contributed by atoms with Crippen LogP contribution in [0.15, 0.2) is 13.0 Å². The Bertz CT molecular complexity index is 3370. The smallest absolute Gasteiger partial charge is 0.460 e. The van der Waals surface area contributed by atoms with Crippen LogP contribution in [0.2, 0.25) is 0 Å². The summed E-state index contributed by atoms with van der Waals surface area (Å²) in [7, 11) is 0. The van der Waals surface area contributed by atoms with Gasteiger partial charge in [-0.2, -0.15) is 200 Å². The fraction of sp³-hybridized carbons (Fsp3) is 0.784. The van der Waals surface area contributed by atoms with Crippen LogP contribution in [-0.4, -0.2) is 198 Å². The predicted octanol–water partition coefficient (Wildman–Crippen LogP) is 20.0. The molecule has 63 heteroatoms. The molecule has 3 rings (SSSR count). The molecule has 10 nitrogen and oxygen atoms in total. The van der Waals surface area contributed by atoms with Crippen molar-refractivity contribution in [3.8, 4) is 0 Å². The van der Waals surface area contributed by atoms with Gasteiger partial charge in [-0.15, -0.1) is 0 Å². The number of halogens is 44. The van der Waals surface area contributed by atoms with Crippen molar-refractivity contribution in [1.29, 1.82) is 0 Å². The Morgan fingerprint density at radius 3 is 1.00 bits per heavy atom. The van der Waals surface area contributed by atoms with Gasteiger partial charge in [-0.1, -0.05) is 69.3 Å². The maximum Gasteiger partial charge on any atom is 0.460 e. The zero-order valence-corrected chi connectivity index (χ0v) is 52.4. The second-order valence-electron chi connectivity index (χ2n) is 17.9. The molecule has 0 saturated heterocycles. The van der Waals surface area contributed by atoms with Crippen LogP contribution < -0.4 is 0 Å². The molecule has 3 aromatic rings. The standard InChI is InChI=1S/C14H9F15N2O2S3.C12H8F12N2O2S3.C11H3F17N2S3/c15-8(16,2-3-33-5(32)1-4-35-7-31-30-6(34)36-7)10(18,19)12(22,23)11(20,21)9(17,13(24,25)26)14(27,28)29;13-5(10(18,19)20)9(16,17)12(23,24)11(21,22)8(14,15)3-28-4(27)1-2-30-7-26-25-6(29)31-7;12-4(13,1-32-3-30-29-2(31)33-3)5(14,15)6(16,17)7(18,19)8(20,21)9(22,23)10(24,25)11(26,27)28/h1-4H2,(H,30,34);5H,1-3H2,(H,25,29);1H2,(H,29,31). The Kier molecular flexibility index (Phi) is 29.2. The number of esters is 2. The van der Waals surface area contributed by atoms with Gasteiger partial charge in [0.25, 0.3) is 6.17 Å². The van der Waals surface area contributed by atoms with E-state index in [2.05, 4.69) is 59.4 Å². The van der Waals surface area contributed by atoms with Gasteiger partial charge in [0.2, 0.25) is 0 Å². The van der Waals surface area contributed by atoms with E-state index >= 15 is 0 Å². The van der Waals surface area contributed by atoms with Crippen LogP contribution in [0, 0.1) is 11.9 Å². The van der Waals surface area contributed by atoms with E-state index in [1.807, 2.05) is 5.10 Å². The van der Waals surface area contributed by atoms with Crippen molar-refractivity contribution in [2.24, 2.45) is 0 Å². The first-order valence-electron chi connectivity index (χ1n) is 23.0. The number of aromatic nitrogens is 6. The first-order valence-corrected chi connectivity index (χ1v) is 29.6. The van der Waals surface area contributed by atoms with Crippen LogP contribution in [0.25, 0.3) is 0 Å². The summed E-state index contributed by atoms with van der Waals surface area (Å²) in [5, 5.41) is 16.9. The second-order valence-corrected chi connectivity index (χ2v) is 26.8. The maximum atomic E-state index is 13.7. The SMILES string of the molecule is FC(F)(F)C(F)(F)C(F)(F)C(F)(F)C(F)(F)C(F)(F)C(F)(F)C(F)(F)CSc1n[nH]c(=S)s1.O=C(CCSc1n[nH]c(=S)s1)OCC(F)(F)C(F)(F)C(F)(F)C(F)(F)C(F)C(F)(F)F.O=C(CCSc1n[nH]c(=S)s1)OCCC(F)(F)C(F)(F)C(F)(F)C(F)(F)C(F)(C(F)(F)F)C(F)(F)F. The number of carbonyl (C=O) groups excluding carboxylic acids is 2. The van der Waals surface area contributed by atoms with E-state index in [9.17, 15) is 203 Å². The minimum atomic E-state index is -8.63. The summed E-state index contributed by atoms with van der Waals surface area (Å²) >= 11 is 17.0. The first-order chi connectivity index (χ1) is 43.9. The molecule has 0 bridgehead atoms. The lowest BCUT2D eigenvalue weighted by Crippen LogP contribution is -2.75. The summed E-state index contributed by atoms with van der Waals surface area (Å²) in [4.78, 5) is 22.7. The van der Waals surface area contributed by atoms with Gasteiger partial charge in [0.15, 0.2) is 31.5 Å². The molecular formula is C37H20F44N6O4S9. The Morgan fingerprint density at radius 2 is 0.680 bits per heavy atom. The van der Waals surface area contributed by atoms with Gasteiger partial charge in [-0.25, -0.2) is 8.78 Å². The van der Waals surface area contributed by atoms with E-state index in [0.717, 1.165) is 46.2 Å². The number of ether oxygens (including phenoxy) is 2. The van der Waals surface area contributed by atoms with E-state index in [1.165, 1.54) is 0 Å². The molecule has 0 aromatic carbocycles. The molecule has 0 amide bonds. The molecule has 3 heterocycles. The van der Waals surface area contributed by atoms with E-state index in [1.54, 1.807) is 0 Å². The van der Waals surface area contributed by atoms with Crippen molar-refractivity contribution in [1.82, 2.24) is 30.6 Å². The highest BCUT2D eigenvalue weighted by Gasteiger charge is 2.97. The van der Waals surface area contributed by atoms with Crippen molar-refractivity contribution < 1.29 is 212 Å². The van der Waals surface area contributed by atoms with Gasteiger partial charge in [-0.3, -0.25) is 24.9 Å². The number of aromatic amines is 3. The van der Waals surface area contributed by atoms with Crippen LogP contribution in [0.5, 0.6) is 0 Å². The largest absolute Gasteiger partial charge is 0.465 e. The zero-order chi connectivity index (χ0) is 79.8. The number of nitrogens with zero attached hydrogens (tertiary/aromatic N) is 3. The quantitative estimate of drug-likeness (QED) is 0.0253. The number of thioether (sulfide) groups is 3. The lowest BCUT2D eigenvalue weighted by atomic mass is 9.85. The Labute approximate surface area is 558 Å². The normalized spacial score (nSPS) is 15.2. The molecule has 0 aliphatic carbocycles. The van der Waals surface area contributed by atoms with Crippen LogP contribution in [0.1, 0.15) is 19.3 Å². The van der Waals surface area contributed by atoms with Gasteiger partial charge in [0.1, 0.15) is 0 Å². The molecule has 0 spiro atoms. The zero-order valence-electron chi connectivity index (χ0n) is 45.0. The molecule has 1 unspecified atom stereocenters. The molecule has 0 saturated carbocycles. The molecule has 0 aliphatic heterocycles. The molecule has 0 fully saturated rings. The highest BCUT2D eigenvalue weighted by Crippen LogP contribution is 2.67. The Balaban J connectivity index is 0.000000752. The van der Waals surface area contributed by atoms with Crippen molar-refractivity contribution in [2.45, 2.75) is 158 Å². The van der Waals surface area contributed by atoms with Gasteiger partial charge >= 0.3 is 131 Å². The third-order valence-electron chi connectivity index (χ3n) is 10.9. The summed E-state index contributed by atoms with van der Waals surface area (Å²) < 4.78 is 582. The lowest BCUT2D eigenvalue weighted by molar-refractivity contribution is -0.460. The van der Waals surface area contributed by atoms with Crippen molar-refractivity contribution >= 4 is 118 Å². The predicted molar refractivity (Wildman–Crippen MR) is 257 cm³/mol. The topological polar surface area (TPSA) is 139 Å². The van der Waals surface area contributed by atoms with Crippen LogP contribution >= 0.6 is 106 Å². The number of carbonyl (C=O) groups is 2. The number of H-pyrrole nitrogens is 3. The van der Waals surface area contributed by atoms with Crippen LogP contribution in [0.4, 0.5) is 193 Å². The first kappa shape index (κ1) is 94.3. The third kappa shape index (κ3) is 18.5. The van der Waals surface area contributed by atoms with Gasteiger partial charge in [0.05, 0.1) is 31.6 Å². The average molecular weight is 1740 g/mol. The van der Waals surface area contributed by atoms with E-state index in [-0.39, 0.29) is 39.0 Å². The Morgan fingerprint density at radius 1 is 0.380 bits per heavy atom. The summed E-state index contributed by atoms with van der Waals surface area (Å²) in [6.07, 6.45) is -40.5. The van der Waals surface area contributed by atoms with E-state index in [0.29, 0.717) is 4.34 Å². The average Bonchev–Trinajstić information content (AvgIpc) is 0.717. The van der Waals surface area contributed by atoms with E-state index < -0.39 is 192 Å². The molecule has 0 radical (unpaired) electrons. The number of nitrogens with one attached hydrogen (secondary N) is 3. The van der Waals surface area contributed by atoms with Gasteiger partial charge in [-0.05, 0) is 36.7 Å². The summed E-state index contributed by atoms with van der Waals surface area (Å²) in [5.74, 6) is -122. The van der Waals surface area contributed by atoms with Crippen molar-refractivity contribution in [2.75, 3.05) is 30.5 Å². The van der Waals surface area contributed by atoms with E-state index in [4.69, 9.17) is 12.2 Å². The molecule has 3 aromatic heterocycles. The number of alkyl halides is 44. The summed E-state index contributed by atoms with van der Waals surface area (Å²) in [5.41, 5.74) is -8.35. The van der Waals surface area contributed by atoms with Crippen molar-refractivity contribution in [3.63, 3.8) is 0 Å². The molecule has 3 N–H and O–H groups in total. The molecule has 0 aliphatic rings. The number of rotatable bonds is 30. The third-order valence-corrected chi connectivity index (χ3v) is 17.7. The van der Waals surface area contributed by atoms with Gasteiger partial charge < -0.3 is 9.47 Å². The molecular weight excluding hydrogens is 1720 g/mol. The lowest BCUT2D eigenvalue weighted by Gasteiger charge is -2.43. The monoisotopic (exact) mass is 1740 g/mol. The molecule has 584 valence electrons. The highest BCUT2D eigenvalue weighted by molar-refractivity contribution is 8.01.